The third kappa shape index (κ3) is 2.62. The Morgan fingerprint density at radius 2 is 2.35 bits per heavy atom. The van der Waals surface area contributed by atoms with Gasteiger partial charge in [-0.1, -0.05) is 0 Å². The van der Waals surface area contributed by atoms with Crippen molar-refractivity contribution in [3.63, 3.8) is 0 Å². The Balaban J connectivity index is 2.24. The highest BCUT2D eigenvalue weighted by Gasteiger charge is 2.10. The van der Waals surface area contributed by atoms with E-state index in [4.69, 9.17) is 11.1 Å². The average Bonchev–Trinajstić information content (AvgIpc) is 2.81. The highest BCUT2D eigenvalue weighted by Crippen LogP contribution is 2.19. The van der Waals surface area contributed by atoms with E-state index in [1.807, 2.05) is 24.1 Å². The van der Waals surface area contributed by atoms with Crippen LogP contribution in [0, 0.1) is 5.41 Å². The second-order valence-corrected chi connectivity index (χ2v) is 4.55. The number of nitrogen functional groups attached to an aromatic ring is 1. The number of nitrogens with one attached hydrogen (secondary N) is 1. The first-order valence-electron chi connectivity index (χ1n) is 5.20. The fraction of sp³-hybridized carbons (Fsp3) is 0.167. The molecule has 0 saturated heterocycles. The summed E-state index contributed by atoms with van der Waals surface area (Å²) in [6, 6.07) is 5.87. The number of nitrogens with zero attached hydrogens (tertiary/aromatic N) is 2. The molecule has 0 amide bonds. The molecule has 0 unspecified atom stereocenters. The van der Waals surface area contributed by atoms with E-state index in [-0.39, 0.29) is 5.84 Å². The van der Waals surface area contributed by atoms with Crippen molar-refractivity contribution in [3.8, 4) is 0 Å². The number of anilines is 1. The van der Waals surface area contributed by atoms with E-state index >= 15 is 0 Å². The van der Waals surface area contributed by atoms with Crippen molar-refractivity contribution in [1.29, 1.82) is 5.41 Å². The van der Waals surface area contributed by atoms with Crippen molar-refractivity contribution in [2.45, 2.75) is 6.54 Å². The van der Waals surface area contributed by atoms with Gasteiger partial charge in [0.2, 0.25) is 0 Å². The van der Waals surface area contributed by atoms with Crippen molar-refractivity contribution in [3.05, 3.63) is 46.4 Å². The van der Waals surface area contributed by atoms with Gasteiger partial charge in [0, 0.05) is 19.8 Å². The fourth-order valence-corrected chi connectivity index (χ4v) is 2.31. The second kappa shape index (κ2) is 4.97. The van der Waals surface area contributed by atoms with Crippen LogP contribution in [0.25, 0.3) is 0 Å². The SMILES string of the molecule is CN(Cc1ccsc1)c1cccnc1C(=N)N. The lowest BCUT2D eigenvalue weighted by Crippen LogP contribution is -2.22. The molecule has 0 fully saturated rings. The zero-order chi connectivity index (χ0) is 12.3. The molecule has 0 aliphatic rings. The number of thiophene rings is 1. The summed E-state index contributed by atoms with van der Waals surface area (Å²) >= 11 is 1.68. The summed E-state index contributed by atoms with van der Waals surface area (Å²) in [7, 11) is 1.97. The maximum Gasteiger partial charge on any atom is 0.143 e. The van der Waals surface area contributed by atoms with Gasteiger partial charge in [-0.05, 0) is 34.5 Å². The number of aromatic nitrogens is 1. The largest absolute Gasteiger partial charge is 0.382 e. The fourth-order valence-electron chi connectivity index (χ4n) is 1.65. The zero-order valence-electron chi connectivity index (χ0n) is 9.55. The van der Waals surface area contributed by atoms with E-state index in [9.17, 15) is 0 Å². The summed E-state index contributed by atoms with van der Waals surface area (Å²) in [4.78, 5) is 6.19. The minimum Gasteiger partial charge on any atom is -0.382 e. The van der Waals surface area contributed by atoms with Gasteiger partial charge in [0.05, 0.1) is 5.69 Å². The molecule has 2 rings (SSSR count). The molecule has 0 aromatic carbocycles. The summed E-state index contributed by atoms with van der Waals surface area (Å²) in [5, 5.41) is 11.7. The minimum atomic E-state index is -0.00207. The Hall–Kier alpha value is -1.88. The third-order valence-corrected chi connectivity index (χ3v) is 3.18. The molecule has 0 bridgehead atoms. The van der Waals surface area contributed by atoms with Crippen LogP contribution in [0.15, 0.2) is 35.2 Å². The second-order valence-electron chi connectivity index (χ2n) is 3.77. The van der Waals surface area contributed by atoms with E-state index in [1.54, 1.807) is 17.5 Å². The molecule has 0 spiro atoms. The molecule has 0 radical (unpaired) electrons. The first-order valence-corrected chi connectivity index (χ1v) is 6.14. The normalized spacial score (nSPS) is 10.2. The highest BCUT2D eigenvalue weighted by atomic mass is 32.1. The van der Waals surface area contributed by atoms with Gasteiger partial charge in [0.15, 0.2) is 0 Å². The molecule has 4 nitrogen and oxygen atoms in total. The molecule has 2 heterocycles. The van der Waals surface area contributed by atoms with Crippen LogP contribution in [0.5, 0.6) is 0 Å². The van der Waals surface area contributed by atoms with Crippen molar-refractivity contribution < 1.29 is 0 Å². The maximum absolute atomic E-state index is 7.51. The average molecular weight is 246 g/mol. The van der Waals surface area contributed by atoms with Crippen LogP contribution < -0.4 is 10.6 Å². The van der Waals surface area contributed by atoms with E-state index in [1.165, 1.54) is 5.56 Å². The summed E-state index contributed by atoms with van der Waals surface area (Å²) in [5.74, 6) is -0.00207. The number of hydrogen-bond donors (Lipinski definition) is 2. The van der Waals surface area contributed by atoms with E-state index in [2.05, 4.69) is 21.8 Å². The predicted molar refractivity (Wildman–Crippen MR) is 71.7 cm³/mol. The molecule has 5 heteroatoms. The number of nitrogens with two attached hydrogens (primary N) is 1. The number of pyridine rings is 1. The quantitative estimate of drug-likeness (QED) is 0.641. The summed E-state index contributed by atoms with van der Waals surface area (Å²) in [6.07, 6.45) is 1.65. The molecule has 88 valence electrons. The summed E-state index contributed by atoms with van der Waals surface area (Å²) < 4.78 is 0. The molecular formula is C12H14N4S. The zero-order valence-corrected chi connectivity index (χ0v) is 10.4. The van der Waals surface area contributed by atoms with Gasteiger partial charge in [-0.3, -0.25) is 10.4 Å². The predicted octanol–water partition coefficient (Wildman–Crippen LogP) is 2.06. The summed E-state index contributed by atoms with van der Waals surface area (Å²) in [5.41, 5.74) is 8.18. The topological polar surface area (TPSA) is 66.0 Å². The lowest BCUT2D eigenvalue weighted by Gasteiger charge is -2.20. The lowest BCUT2D eigenvalue weighted by molar-refractivity contribution is 0.919. The number of amidine groups is 1. The van der Waals surface area contributed by atoms with Gasteiger partial charge in [0.25, 0.3) is 0 Å². The minimum absolute atomic E-state index is 0.00207. The van der Waals surface area contributed by atoms with Gasteiger partial charge in [-0.25, -0.2) is 0 Å². The van der Waals surface area contributed by atoms with Gasteiger partial charge in [0.1, 0.15) is 11.5 Å². The van der Waals surface area contributed by atoms with Crippen LogP contribution >= 0.6 is 11.3 Å². The molecule has 2 aromatic heterocycles. The van der Waals surface area contributed by atoms with Crippen molar-refractivity contribution >= 4 is 22.9 Å². The van der Waals surface area contributed by atoms with Crippen molar-refractivity contribution in [2.75, 3.05) is 11.9 Å². The van der Waals surface area contributed by atoms with Crippen LogP contribution in [0.3, 0.4) is 0 Å². The van der Waals surface area contributed by atoms with Gasteiger partial charge in [-0.15, -0.1) is 0 Å². The van der Waals surface area contributed by atoms with E-state index in [0.29, 0.717) is 5.69 Å². The van der Waals surface area contributed by atoms with Gasteiger partial charge < -0.3 is 10.6 Å². The van der Waals surface area contributed by atoms with E-state index < -0.39 is 0 Å². The van der Waals surface area contributed by atoms with Crippen LogP contribution in [-0.4, -0.2) is 17.9 Å². The maximum atomic E-state index is 7.51. The van der Waals surface area contributed by atoms with Crippen LogP contribution in [0.1, 0.15) is 11.3 Å². The number of hydrogen-bond acceptors (Lipinski definition) is 4. The van der Waals surface area contributed by atoms with Crippen molar-refractivity contribution in [1.82, 2.24) is 4.98 Å². The van der Waals surface area contributed by atoms with Gasteiger partial charge in [-0.2, -0.15) is 11.3 Å². The highest BCUT2D eigenvalue weighted by molar-refractivity contribution is 7.07. The monoisotopic (exact) mass is 246 g/mol. The lowest BCUT2D eigenvalue weighted by atomic mass is 10.2. The molecule has 17 heavy (non-hydrogen) atoms. The Morgan fingerprint density at radius 1 is 1.53 bits per heavy atom. The first-order chi connectivity index (χ1) is 8.18. The molecule has 2 aromatic rings. The number of rotatable bonds is 4. The molecular weight excluding hydrogens is 232 g/mol. The van der Waals surface area contributed by atoms with Crippen molar-refractivity contribution in [2.24, 2.45) is 5.73 Å². The Bertz CT molecular complexity index is 507. The molecule has 3 N–H and O–H groups in total. The van der Waals surface area contributed by atoms with Crippen LogP contribution in [-0.2, 0) is 6.54 Å². The standard InChI is InChI=1S/C12H14N4S/c1-16(7-9-4-6-17-8-9)10-3-2-5-15-11(10)12(13)14/h2-6,8H,7H2,1H3,(H3,13,14). The Labute approximate surface area is 104 Å². The third-order valence-electron chi connectivity index (χ3n) is 2.45. The molecule has 0 atom stereocenters. The van der Waals surface area contributed by atoms with Crippen LogP contribution in [0.2, 0.25) is 0 Å². The Morgan fingerprint density at radius 3 is 3.00 bits per heavy atom. The molecule has 0 saturated carbocycles. The van der Waals surface area contributed by atoms with Crippen LogP contribution in [0.4, 0.5) is 5.69 Å². The molecule has 0 aliphatic carbocycles. The van der Waals surface area contributed by atoms with Gasteiger partial charge >= 0.3 is 0 Å². The Kier molecular flexibility index (Phi) is 3.39. The molecule has 0 aliphatic heterocycles. The smallest absolute Gasteiger partial charge is 0.143 e. The first kappa shape index (κ1) is 11.6. The summed E-state index contributed by atoms with van der Waals surface area (Å²) in [6.45, 7) is 0.787. The van der Waals surface area contributed by atoms with E-state index in [0.717, 1.165) is 12.2 Å².